The van der Waals surface area contributed by atoms with Crippen LogP contribution >= 0.6 is 0 Å². The number of hydrogen-bond donors (Lipinski definition) is 0. The Morgan fingerprint density at radius 1 is 1.50 bits per heavy atom. The summed E-state index contributed by atoms with van der Waals surface area (Å²) in [6.07, 6.45) is 3.99. The van der Waals surface area contributed by atoms with Crippen molar-refractivity contribution in [3.63, 3.8) is 0 Å². The van der Waals surface area contributed by atoms with E-state index in [1.165, 1.54) is 25.3 Å². The maximum Gasteiger partial charge on any atom is 0.337 e. The maximum absolute atomic E-state index is 13.4. The molecular weight excluding hydrogens is 211 g/mol. The molecule has 0 heterocycles. The minimum Gasteiger partial charge on any atom is -0.465 e. The molecule has 0 amide bonds. The van der Waals surface area contributed by atoms with Gasteiger partial charge in [-0.05, 0) is 12.1 Å². The van der Waals surface area contributed by atoms with Crippen molar-refractivity contribution in [2.45, 2.75) is 6.42 Å². The smallest absolute Gasteiger partial charge is 0.337 e. The molecule has 1 rings (SSSR count). The number of rotatable bonds is 4. The van der Waals surface area contributed by atoms with Gasteiger partial charge in [-0.15, -0.1) is 0 Å². The minimum atomic E-state index is -0.581. The highest BCUT2D eigenvalue weighted by atomic mass is 19.1. The lowest BCUT2D eigenvalue weighted by Gasteiger charge is -2.01. The van der Waals surface area contributed by atoms with E-state index in [0.717, 1.165) is 12.4 Å². The van der Waals surface area contributed by atoms with E-state index in [2.05, 4.69) is 4.74 Å². The van der Waals surface area contributed by atoms with Crippen molar-refractivity contribution in [2.75, 3.05) is 7.11 Å². The van der Waals surface area contributed by atoms with E-state index in [9.17, 15) is 14.0 Å². The molecule has 0 saturated carbocycles. The van der Waals surface area contributed by atoms with Crippen LogP contribution in [0, 0.1) is 5.82 Å². The maximum atomic E-state index is 13.4. The molecule has 16 heavy (non-hydrogen) atoms. The van der Waals surface area contributed by atoms with Crippen LogP contribution in [0.5, 0.6) is 0 Å². The molecule has 0 atom stereocenters. The number of aldehydes is 1. The largest absolute Gasteiger partial charge is 0.465 e. The van der Waals surface area contributed by atoms with Crippen LogP contribution in [0.3, 0.4) is 0 Å². The Morgan fingerprint density at radius 3 is 2.81 bits per heavy atom. The predicted molar refractivity (Wildman–Crippen MR) is 57.5 cm³/mol. The first-order valence-corrected chi connectivity index (χ1v) is 4.67. The van der Waals surface area contributed by atoms with Gasteiger partial charge in [0, 0.05) is 12.0 Å². The lowest BCUT2D eigenvalue weighted by molar-refractivity contribution is -0.107. The second-order valence-corrected chi connectivity index (χ2v) is 3.03. The van der Waals surface area contributed by atoms with E-state index in [4.69, 9.17) is 0 Å². The summed E-state index contributed by atoms with van der Waals surface area (Å²) in [5.41, 5.74) is 0.488. The molecule has 1 aromatic rings. The number of halogens is 1. The normalized spacial score (nSPS) is 10.4. The number of hydrogen-bond acceptors (Lipinski definition) is 3. The van der Waals surface area contributed by atoms with Gasteiger partial charge >= 0.3 is 5.97 Å². The molecule has 0 spiro atoms. The van der Waals surface area contributed by atoms with Gasteiger partial charge in [0.1, 0.15) is 12.1 Å². The number of methoxy groups -OCH3 is 1. The summed E-state index contributed by atoms with van der Waals surface area (Å²) in [6, 6.07) is 4.03. The fourth-order valence-electron chi connectivity index (χ4n) is 1.16. The first-order valence-electron chi connectivity index (χ1n) is 4.67. The van der Waals surface area contributed by atoms with Crippen LogP contribution in [-0.2, 0) is 9.53 Å². The Morgan fingerprint density at radius 2 is 2.25 bits per heavy atom. The third kappa shape index (κ3) is 3.02. The Bertz CT molecular complexity index is 424. The van der Waals surface area contributed by atoms with Gasteiger partial charge in [-0.2, -0.15) is 0 Å². The summed E-state index contributed by atoms with van der Waals surface area (Å²) >= 11 is 0. The molecule has 0 fully saturated rings. The summed E-state index contributed by atoms with van der Waals surface area (Å²) in [5.74, 6) is -1.10. The fraction of sp³-hybridized carbons (Fsp3) is 0.167. The highest BCUT2D eigenvalue weighted by molar-refractivity contribution is 5.89. The second-order valence-electron chi connectivity index (χ2n) is 3.03. The molecule has 0 aromatic heterocycles. The highest BCUT2D eigenvalue weighted by Gasteiger charge is 2.07. The molecule has 1 aromatic carbocycles. The van der Waals surface area contributed by atoms with Crippen molar-refractivity contribution in [2.24, 2.45) is 0 Å². The van der Waals surface area contributed by atoms with Crippen molar-refractivity contribution in [3.8, 4) is 0 Å². The van der Waals surface area contributed by atoms with Crippen molar-refractivity contribution in [3.05, 3.63) is 41.2 Å². The van der Waals surface area contributed by atoms with E-state index in [1.807, 2.05) is 0 Å². The van der Waals surface area contributed by atoms with E-state index in [0.29, 0.717) is 5.56 Å². The van der Waals surface area contributed by atoms with E-state index >= 15 is 0 Å². The quantitative estimate of drug-likeness (QED) is 0.579. The fourth-order valence-corrected chi connectivity index (χ4v) is 1.16. The second kappa shape index (κ2) is 5.80. The lowest BCUT2D eigenvalue weighted by atomic mass is 10.1. The zero-order chi connectivity index (χ0) is 12.0. The number of carbonyl (C=O) groups is 2. The summed E-state index contributed by atoms with van der Waals surface area (Å²) in [5, 5.41) is 0. The topological polar surface area (TPSA) is 43.4 Å². The average molecular weight is 222 g/mol. The van der Waals surface area contributed by atoms with E-state index < -0.39 is 11.8 Å². The van der Waals surface area contributed by atoms with Crippen molar-refractivity contribution < 1.29 is 18.7 Å². The number of benzene rings is 1. The van der Waals surface area contributed by atoms with Gasteiger partial charge in [-0.1, -0.05) is 18.2 Å². The van der Waals surface area contributed by atoms with Crippen LogP contribution < -0.4 is 0 Å². The molecule has 84 valence electrons. The van der Waals surface area contributed by atoms with E-state index in [-0.39, 0.29) is 12.0 Å². The van der Waals surface area contributed by atoms with Gasteiger partial charge < -0.3 is 9.53 Å². The Hall–Kier alpha value is -1.97. The minimum absolute atomic E-state index is 0.160. The first kappa shape index (κ1) is 12.1. The Kier molecular flexibility index (Phi) is 4.39. The van der Waals surface area contributed by atoms with Crippen molar-refractivity contribution >= 4 is 18.3 Å². The van der Waals surface area contributed by atoms with Gasteiger partial charge in [-0.3, -0.25) is 0 Å². The molecule has 0 unspecified atom stereocenters. The van der Waals surface area contributed by atoms with Gasteiger partial charge in [0.25, 0.3) is 0 Å². The van der Waals surface area contributed by atoms with Gasteiger partial charge in [-0.25, -0.2) is 9.18 Å². The van der Waals surface area contributed by atoms with Crippen LogP contribution in [0.2, 0.25) is 0 Å². The van der Waals surface area contributed by atoms with Gasteiger partial charge in [0.15, 0.2) is 0 Å². The number of allylic oxidation sites excluding steroid dienone is 1. The molecule has 0 bridgehead atoms. The molecular formula is C12H11FO3. The van der Waals surface area contributed by atoms with Crippen molar-refractivity contribution in [1.29, 1.82) is 0 Å². The van der Waals surface area contributed by atoms with Gasteiger partial charge in [0.2, 0.25) is 0 Å². The molecule has 4 heteroatoms. The molecule has 0 saturated heterocycles. The highest BCUT2D eigenvalue weighted by Crippen LogP contribution is 2.13. The standard InChI is InChI=1S/C12H11FO3/c1-16-12(15)10-6-5-9(11(13)8-10)4-2-3-7-14/h2,4-8H,3H2,1H3. The molecule has 3 nitrogen and oxygen atoms in total. The Labute approximate surface area is 92.5 Å². The van der Waals surface area contributed by atoms with Crippen LogP contribution in [0.1, 0.15) is 22.3 Å². The summed E-state index contributed by atoms with van der Waals surface area (Å²) < 4.78 is 17.9. The molecule has 0 aliphatic rings. The summed E-state index contributed by atoms with van der Waals surface area (Å²) in [7, 11) is 1.23. The predicted octanol–water partition coefficient (Wildman–Crippen LogP) is 2.21. The van der Waals surface area contributed by atoms with Gasteiger partial charge in [0.05, 0.1) is 12.7 Å². The van der Waals surface area contributed by atoms with Crippen LogP contribution in [-0.4, -0.2) is 19.4 Å². The number of esters is 1. The Balaban J connectivity index is 2.91. The molecule has 0 aliphatic heterocycles. The van der Waals surface area contributed by atoms with Crippen LogP contribution in [0.4, 0.5) is 4.39 Å². The molecule has 0 aliphatic carbocycles. The number of carbonyl (C=O) groups excluding carboxylic acids is 2. The number of ether oxygens (including phenoxy) is 1. The zero-order valence-electron chi connectivity index (χ0n) is 8.77. The lowest BCUT2D eigenvalue weighted by Crippen LogP contribution is -2.01. The van der Waals surface area contributed by atoms with Crippen LogP contribution in [0.15, 0.2) is 24.3 Å². The third-order valence-electron chi connectivity index (χ3n) is 1.95. The third-order valence-corrected chi connectivity index (χ3v) is 1.95. The van der Waals surface area contributed by atoms with Crippen LogP contribution in [0.25, 0.3) is 6.08 Å². The SMILES string of the molecule is COC(=O)c1ccc(C=CCC=O)c(F)c1. The van der Waals surface area contributed by atoms with Crippen molar-refractivity contribution in [1.82, 2.24) is 0 Å². The summed E-state index contributed by atoms with van der Waals surface area (Å²) in [4.78, 5) is 21.1. The molecule has 0 radical (unpaired) electrons. The summed E-state index contributed by atoms with van der Waals surface area (Å²) in [6.45, 7) is 0. The average Bonchev–Trinajstić information content (AvgIpc) is 2.30. The monoisotopic (exact) mass is 222 g/mol. The first-order chi connectivity index (χ1) is 7.69. The molecule has 0 N–H and O–H groups in total. The van der Waals surface area contributed by atoms with E-state index in [1.54, 1.807) is 6.08 Å². The zero-order valence-corrected chi connectivity index (χ0v) is 8.77.